The molecule has 1 aromatic heterocycles. The number of benzene rings is 2. The van der Waals surface area contributed by atoms with E-state index in [2.05, 4.69) is 21.6 Å². The predicted molar refractivity (Wildman–Crippen MR) is 114 cm³/mol. The maximum absolute atomic E-state index is 12.9. The Morgan fingerprint density at radius 1 is 1.25 bits per heavy atom. The molecule has 0 unspecified atom stereocenters. The molecule has 1 amide bonds. The molecule has 2 aromatic carbocycles. The summed E-state index contributed by atoms with van der Waals surface area (Å²) in [5.41, 5.74) is 3.14. The first-order chi connectivity index (χ1) is 13.6. The molecule has 6 nitrogen and oxygen atoms in total. The third-order valence-electron chi connectivity index (χ3n) is 4.51. The highest BCUT2D eigenvalue weighted by atomic mass is 32.2. The fourth-order valence-electron chi connectivity index (χ4n) is 3.12. The van der Waals surface area contributed by atoms with E-state index in [0.29, 0.717) is 5.13 Å². The number of thioether (sulfide) groups is 1. The highest BCUT2D eigenvalue weighted by Gasteiger charge is 2.28. The van der Waals surface area contributed by atoms with Crippen LogP contribution in [0.15, 0.2) is 52.9 Å². The Morgan fingerprint density at radius 2 is 2.11 bits per heavy atom. The zero-order valence-electron chi connectivity index (χ0n) is 15.6. The number of ether oxygens (including phenoxy) is 1. The molecule has 144 valence electrons. The van der Waals surface area contributed by atoms with Gasteiger partial charge in [0.15, 0.2) is 4.34 Å². The highest BCUT2D eigenvalue weighted by molar-refractivity contribution is 8.02. The molecular formula is C20H20N4O2S2. The molecule has 1 N–H and O–H groups in total. The van der Waals surface area contributed by atoms with Crippen LogP contribution in [0.1, 0.15) is 12.5 Å². The molecule has 0 saturated carbocycles. The van der Waals surface area contributed by atoms with Crippen LogP contribution < -0.4 is 15.0 Å². The first-order valence-electron chi connectivity index (χ1n) is 8.94. The number of hydrogen-bond donors (Lipinski definition) is 1. The van der Waals surface area contributed by atoms with Crippen molar-refractivity contribution in [2.75, 3.05) is 23.9 Å². The predicted octanol–water partition coefficient (Wildman–Crippen LogP) is 4.36. The minimum atomic E-state index is -0.233. The lowest BCUT2D eigenvalue weighted by Crippen LogP contribution is -2.35. The fraction of sp³-hybridized carbons (Fsp3) is 0.250. The van der Waals surface area contributed by atoms with Crippen LogP contribution in [0.2, 0.25) is 0 Å². The Morgan fingerprint density at radius 3 is 2.96 bits per heavy atom. The van der Waals surface area contributed by atoms with Crippen molar-refractivity contribution in [3.05, 3.63) is 54.1 Å². The normalized spacial score (nSPS) is 13.9. The second-order valence-electron chi connectivity index (χ2n) is 6.36. The third-order valence-corrected chi connectivity index (χ3v) is 6.52. The zero-order chi connectivity index (χ0) is 19.5. The SMILES string of the molecule is COc1cccc(Nc2nnc(S[C@@H](C)C(=O)N3CCc4ccccc43)s2)c1. The van der Waals surface area contributed by atoms with Crippen LogP contribution in [0.25, 0.3) is 0 Å². The largest absolute Gasteiger partial charge is 0.497 e. The number of anilines is 3. The van der Waals surface area contributed by atoms with Gasteiger partial charge in [-0.3, -0.25) is 4.79 Å². The van der Waals surface area contributed by atoms with Gasteiger partial charge in [-0.15, -0.1) is 10.2 Å². The van der Waals surface area contributed by atoms with E-state index < -0.39 is 0 Å². The number of rotatable bonds is 6. The summed E-state index contributed by atoms with van der Waals surface area (Å²) < 4.78 is 5.99. The van der Waals surface area contributed by atoms with Gasteiger partial charge in [0.05, 0.1) is 12.4 Å². The number of para-hydroxylation sites is 1. The average molecular weight is 413 g/mol. The van der Waals surface area contributed by atoms with E-state index in [1.807, 2.05) is 54.3 Å². The summed E-state index contributed by atoms with van der Waals surface area (Å²) in [4.78, 5) is 14.8. The first-order valence-corrected chi connectivity index (χ1v) is 10.6. The molecule has 0 radical (unpaired) electrons. The molecule has 28 heavy (non-hydrogen) atoms. The van der Waals surface area contributed by atoms with Gasteiger partial charge in [0.2, 0.25) is 11.0 Å². The number of fused-ring (bicyclic) bond motifs is 1. The van der Waals surface area contributed by atoms with Gasteiger partial charge in [-0.2, -0.15) is 0 Å². The van der Waals surface area contributed by atoms with Crippen molar-refractivity contribution in [3.8, 4) is 5.75 Å². The Balaban J connectivity index is 1.40. The van der Waals surface area contributed by atoms with E-state index in [1.54, 1.807) is 7.11 Å². The summed E-state index contributed by atoms with van der Waals surface area (Å²) in [7, 11) is 1.63. The van der Waals surface area contributed by atoms with Gasteiger partial charge in [-0.25, -0.2) is 0 Å². The summed E-state index contributed by atoms with van der Waals surface area (Å²) >= 11 is 2.87. The molecule has 0 bridgehead atoms. The third kappa shape index (κ3) is 3.98. The summed E-state index contributed by atoms with van der Waals surface area (Å²) in [6, 6.07) is 15.7. The van der Waals surface area contributed by atoms with Crippen molar-refractivity contribution in [2.45, 2.75) is 22.9 Å². The minimum absolute atomic E-state index is 0.104. The topological polar surface area (TPSA) is 67.3 Å². The van der Waals surface area contributed by atoms with Crippen LogP contribution in [0.4, 0.5) is 16.5 Å². The molecule has 0 saturated heterocycles. The van der Waals surface area contributed by atoms with Crippen molar-refractivity contribution in [2.24, 2.45) is 0 Å². The van der Waals surface area contributed by atoms with Gasteiger partial charge in [0.1, 0.15) is 5.75 Å². The minimum Gasteiger partial charge on any atom is -0.497 e. The van der Waals surface area contributed by atoms with Crippen LogP contribution in [0.5, 0.6) is 5.75 Å². The summed E-state index contributed by atoms with van der Waals surface area (Å²) in [5.74, 6) is 0.877. The standard InChI is InChI=1S/C20H20N4O2S2/c1-13(18(25)24-11-10-14-6-3-4-9-17(14)24)27-20-23-22-19(28-20)21-15-7-5-8-16(12-15)26-2/h3-9,12-13H,10-11H2,1-2H3,(H,21,22)/t13-/m0/s1. The van der Waals surface area contributed by atoms with Crippen LogP contribution >= 0.6 is 23.1 Å². The molecule has 2 heterocycles. The summed E-state index contributed by atoms with van der Waals surface area (Å²) in [6.07, 6.45) is 0.909. The Hall–Kier alpha value is -2.58. The molecule has 8 heteroatoms. The van der Waals surface area contributed by atoms with Gasteiger partial charge < -0.3 is 15.0 Å². The number of methoxy groups -OCH3 is 1. The van der Waals surface area contributed by atoms with E-state index in [0.717, 1.165) is 34.4 Å². The Kier molecular flexibility index (Phi) is 5.50. The lowest BCUT2D eigenvalue weighted by atomic mass is 10.2. The Labute approximate surface area is 171 Å². The van der Waals surface area contributed by atoms with E-state index in [-0.39, 0.29) is 11.2 Å². The van der Waals surface area contributed by atoms with Gasteiger partial charge in [-0.05, 0) is 37.1 Å². The number of aromatic nitrogens is 2. The zero-order valence-corrected chi connectivity index (χ0v) is 17.2. The molecule has 0 aliphatic carbocycles. The maximum Gasteiger partial charge on any atom is 0.240 e. The van der Waals surface area contributed by atoms with Crippen molar-refractivity contribution in [3.63, 3.8) is 0 Å². The number of carbonyl (C=O) groups is 1. The van der Waals surface area contributed by atoms with Crippen molar-refractivity contribution < 1.29 is 9.53 Å². The lowest BCUT2D eigenvalue weighted by Gasteiger charge is -2.20. The molecule has 0 fully saturated rings. The average Bonchev–Trinajstić information content (AvgIpc) is 3.34. The molecule has 3 aromatic rings. The summed E-state index contributed by atoms with van der Waals surface area (Å²) in [6.45, 7) is 2.66. The number of hydrogen-bond acceptors (Lipinski definition) is 7. The first kappa shape index (κ1) is 18.8. The maximum atomic E-state index is 12.9. The molecule has 1 aliphatic heterocycles. The van der Waals surface area contributed by atoms with Crippen LogP contribution in [0.3, 0.4) is 0 Å². The summed E-state index contributed by atoms with van der Waals surface area (Å²) in [5, 5.41) is 12.1. The van der Waals surface area contributed by atoms with Crippen molar-refractivity contribution in [1.29, 1.82) is 0 Å². The monoisotopic (exact) mass is 412 g/mol. The van der Waals surface area contributed by atoms with Crippen molar-refractivity contribution in [1.82, 2.24) is 10.2 Å². The highest BCUT2D eigenvalue weighted by Crippen LogP contribution is 2.34. The number of nitrogens with zero attached hydrogens (tertiary/aromatic N) is 3. The van der Waals surface area contributed by atoms with E-state index >= 15 is 0 Å². The molecule has 4 rings (SSSR count). The fourth-order valence-corrected chi connectivity index (χ4v) is 5.10. The second-order valence-corrected chi connectivity index (χ2v) is 8.92. The number of nitrogens with one attached hydrogen (secondary N) is 1. The molecule has 1 aliphatic rings. The molecule has 0 spiro atoms. The van der Waals surface area contributed by atoms with Crippen molar-refractivity contribution >= 4 is 45.5 Å². The van der Waals surface area contributed by atoms with Crippen LogP contribution in [0, 0.1) is 0 Å². The second kappa shape index (κ2) is 8.20. The number of carbonyl (C=O) groups excluding carboxylic acids is 1. The molecular weight excluding hydrogens is 392 g/mol. The molecule has 1 atom stereocenters. The van der Waals surface area contributed by atoms with E-state index in [1.165, 1.54) is 28.7 Å². The van der Waals surface area contributed by atoms with E-state index in [9.17, 15) is 4.79 Å². The number of amides is 1. The van der Waals surface area contributed by atoms with Gasteiger partial charge in [-0.1, -0.05) is 47.4 Å². The van der Waals surface area contributed by atoms with Gasteiger partial charge >= 0.3 is 0 Å². The smallest absolute Gasteiger partial charge is 0.240 e. The van der Waals surface area contributed by atoms with Crippen LogP contribution in [-0.2, 0) is 11.2 Å². The lowest BCUT2D eigenvalue weighted by molar-refractivity contribution is -0.117. The quantitative estimate of drug-likeness (QED) is 0.607. The van der Waals surface area contributed by atoms with Gasteiger partial charge in [0, 0.05) is 24.0 Å². The Bertz CT molecular complexity index is 992. The van der Waals surface area contributed by atoms with Crippen LogP contribution in [-0.4, -0.2) is 35.0 Å². The van der Waals surface area contributed by atoms with Gasteiger partial charge in [0.25, 0.3) is 0 Å². The van der Waals surface area contributed by atoms with E-state index in [4.69, 9.17) is 4.74 Å².